The number of hydrogen-bond donors (Lipinski definition) is 1. The van der Waals surface area contributed by atoms with Crippen LogP contribution in [0, 0.1) is 6.92 Å². The Balaban J connectivity index is 2.28. The molecule has 2 aromatic rings. The number of halogens is 3. The van der Waals surface area contributed by atoms with Crippen molar-refractivity contribution in [3.05, 3.63) is 68.2 Å². The van der Waals surface area contributed by atoms with Crippen LogP contribution in [0.4, 0.5) is 0 Å². The Morgan fingerprint density at radius 3 is 2.45 bits per heavy atom. The molecule has 0 aliphatic heterocycles. The molecule has 1 unspecified atom stereocenters. The molecular weight excluding hydrogens is 313 g/mol. The van der Waals surface area contributed by atoms with E-state index in [2.05, 4.69) is 11.4 Å². The van der Waals surface area contributed by atoms with Crippen molar-refractivity contribution < 1.29 is 0 Å². The van der Waals surface area contributed by atoms with Gasteiger partial charge in [0.05, 0.1) is 10.0 Å². The van der Waals surface area contributed by atoms with E-state index in [9.17, 15) is 0 Å². The lowest BCUT2D eigenvalue weighted by molar-refractivity contribution is 0.592. The first-order valence-corrected chi connectivity index (χ1v) is 7.52. The average Bonchev–Trinajstić information content (AvgIpc) is 2.44. The number of likely N-dealkylation sites (N-methyl/N-ethyl adjacent to an activating group) is 1. The quantitative estimate of drug-likeness (QED) is 0.786. The van der Waals surface area contributed by atoms with Crippen LogP contribution in [0.1, 0.15) is 22.7 Å². The van der Waals surface area contributed by atoms with Gasteiger partial charge in [-0.05, 0) is 49.2 Å². The average molecular weight is 329 g/mol. The van der Waals surface area contributed by atoms with Crippen molar-refractivity contribution in [1.29, 1.82) is 0 Å². The minimum atomic E-state index is 0.143. The molecule has 0 heterocycles. The molecule has 0 saturated heterocycles. The van der Waals surface area contributed by atoms with Crippen molar-refractivity contribution >= 4 is 34.8 Å². The van der Waals surface area contributed by atoms with Crippen molar-refractivity contribution in [3.63, 3.8) is 0 Å². The van der Waals surface area contributed by atoms with Crippen LogP contribution in [0.5, 0.6) is 0 Å². The van der Waals surface area contributed by atoms with Crippen LogP contribution < -0.4 is 5.32 Å². The van der Waals surface area contributed by atoms with Crippen molar-refractivity contribution in [2.24, 2.45) is 0 Å². The molecule has 0 spiro atoms. The van der Waals surface area contributed by atoms with Crippen molar-refractivity contribution in [2.75, 3.05) is 7.05 Å². The molecule has 0 aliphatic carbocycles. The summed E-state index contributed by atoms with van der Waals surface area (Å²) >= 11 is 18.5. The fourth-order valence-corrected chi connectivity index (χ4v) is 2.72. The monoisotopic (exact) mass is 327 g/mol. The van der Waals surface area contributed by atoms with Crippen molar-refractivity contribution in [3.8, 4) is 0 Å². The van der Waals surface area contributed by atoms with Gasteiger partial charge in [0.15, 0.2) is 0 Å². The SMILES string of the molecule is CNC(Cc1cccc(Cl)c1Cl)c1ccc(C)c(Cl)c1. The van der Waals surface area contributed by atoms with Gasteiger partial charge in [0.25, 0.3) is 0 Å². The molecule has 0 bridgehead atoms. The van der Waals surface area contributed by atoms with Crippen molar-refractivity contribution in [2.45, 2.75) is 19.4 Å². The van der Waals surface area contributed by atoms with Crippen LogP contribution >= 0.6 is 34.8 Å². The van der Waals surface area contributed by atoms with E-state index >= 15 is 0 Å². The first-order chi connectivity index (χ1) is 9.52. The smallest absolute Gasteiger partial charge is 0.0624 e. The number of nitrogens with one attached hydrogen (secondary N) is 1. The Labute approximate surface area is 134 Å². The largest absolute Gasteiger partial charge is 0.313 e. The number of hydrogen-bond acceptors (Lipinski definition) is 1. The maximum Gasteiger partial charge on any atom is 0.0624 e. The Hall–Kier alpha value is -0.730. The molecule has 106 valence electrons. The molecule has 0 saturated carbocycles. The molecule has 0 aliphatic rings. The van der Waals surface area contributed by atoms with Crippen molar-refractivity contribution in [1.82, 2.24) is 5.32 Å². The van der Waals surface area contributed by atoms with Gasteiger partial charge in [0.1, 0.15) is 0 Å². The van der Waals surface area contributed by atoms with E-state index in [1.165, 1.54) is 0 Å². The fraction of sp³-hybridized carbons (Fsp3) is 0.250. The van der Waals surface area contributed by atoms with Gasteiger partial charge in [-0.3, -0.25) is 0 Å². The summed E-state index contributed by atoms with van der Waals surface area (Å²) < 4.78 is 0. The highest BCUT2D eigenvalue weighted by molar-refractivity contribution is 6.42. The molecule has 0 amide bonds. The molecule has 2 rings (SSSR count). The molecular formula is C16H16Cl3N. The van der Waals surface area contributed by atoms with Crippen LogP contribution in [0.15, 0.2) is 36.4 Å². The first kappa shape index (κ1) is 15.7. The highest BCUT2D eigenvalue weighted by atomic mass is 35.5. The summed E-state index contributed by atoms with van der Waals surface area (Å²) in [6.07, 6.45) is 0.759. The molecule has 2 aromatic carbocycles. The van der Waals surface area contributed by atoms with Gasteiger partial charge >= 0.3 is 0 Å². The van der Waals surface area contributed by atoms with E-state index in [1.807, 2.05) is 38.2 Å². The standard InChI is InChI=1S/C16H16Cl3N/c1-10-6-7-11(8-14(10)18)15(20-2)9-12-4-3-5-13(17)16(12)19/h3-8,15,20H,9H2,1-2H3. The first-order valence-electron chi connectivity index (χ1n) is 6.39. The molecule has 1 atom stereocenters. The third kappa shape index (κ3) is 3.48. The van der Waals surface area contributed by atoms with Crippen LogP contribution in [-0.4, -0.2) is 7.05 Å². The Morgan fingerprint density at radius 1 is 1.05 bits per heavy atom. The Morgan fingerprint density at radius 2 is 1.80 bits per heavy atom. The van der Waals surface area contributed by atoms with Gasteiger partial charge in [0.2, 0.25) is 0 Å². The summed E-state index contributed by atoms with van der Waals surface area (Å²) in [6.45, 7) is 1.99. The molecule has 1 nitrogen and oxygen atoms in total. The second-order valence-electron chi connectivity index (χ2n) is 4.77. The number of rotatable bonds is 4. The second-order valence-corrected chi connectivity index (χ2v) is 5.96. The van der Waals surface area contributed by atoms with Gasteiger partial charge < -0.3 is 5.32 Å². The Bertz CT molecular complexity index is 611. The lowest BCUT2D eigenvalue weighted by Crippen LogP contribution is -2.19. The predicted octanol–water partition coefficient (Wildman–Crippen LogP) is 5.46. The maximum absolute atomic E-state index is 6.25. The lowest BCUT2D eigenvalue weighted by atomic mass is 9.98. The van der Waals surface area contributed by atoms with Gasteiger partial charge in [-0.2, -0.15) is 0 Å². The van der Waals surface area contributed by atoms with E-state index in [1.54, 1.807) is 6.07 Å². The topological polar surface area (TPSA) is 12.0 Å². The molecule has 20 heavy (non-hydrogen) atoms. The minimum absolute atomic E-state index is 0.143. The summed E-state index contributed by atoms with van der Waals surface area (Å²) in [6, 6.07) is 12.0. The summed E-state index contributed by atoms with van der Waals surface area (Å²) in [5.41, 5.74) is 3.24. The van der Waals surface area contributed by atoms with Gasteiger partial charge in [-0.25, -0.2) is 0 Å². The van der Waals surface area contributed by atoms with Crippen LogP contribution in [0.3, 0.4) is 0 Å². The van der Waals surface area contributed by atoms with E-state index in [4.69, 9.17) is 34.8 Å². The summed E-state index contributed by atoms with van der Waals surface area (Å²) in [5.74, 6) is 0. The molecule has 4 heteroatoms. The van der Waals surface area contributed by atoms with E-state index in [0.29, 0.717) is 10.0 Å². The summed E-state index contributed by atoms with van der Waals surface area (Å²) in [7, 11) is 1.93. The zero-order chi connectivity index (χ0) is 14.7. The highest BCUT2D eigenvalue weighted by Crippen LogP contribution is 2.30. The number of benzene rings is 2. The number of aryl methyl sites for hydroxylation is 1. The predicted molar refractivity (Wildman–Crippen MR) is 88.2 cm³/mol. The summed E-state index contributed by atoms with van der Waals surface area (Å²) in [5, 5.41) is 5.28. The van der Waals surface area contributed by atoms with E-state index in [-0.39, 0.29) is 6.04 Å². The van der Waals surface area contributed by atoms with Crippen LogP contribution in [0.25, 0.3) is 0 Å². The van der Waals surface area contributed by atoms with E-state index < -0.39 is 0 Å². The van der Waals surface area contributed by atoms with Crippen LogP contribution in [-0.2, 0) is 6.42 Å². The molecule has 1 N–H and O–H groups in total. The fourth-order valence-electron chi connectivity index (χ4n) is 2.14. The van der Waals surface area contributed by atoms with Gasteiger partial charge in [-0.1, -0.05) is 59.1 Å². The molecule has 0 aromatic heterocycles. The zero-order valence-electron chi connectivity index (χ0n) is 11.4. The second kappa shape index (κ2) is 6.82. The molecule has 0 radical (unpaired) electrons. The zero-order valence-corrected chi connectivity index (χ0v) is 13.7. The van der Waals surface area contributed by atoms with Gasteiger partial charge in [0, 0.05) is 11.1 Å². The minimum Gasteiger partial charge on any atom is -0.313 e. The third-order valence-electron chi connectivity index (χ3n) is 3.40. The maximum atomic E-state index is 6.25. The van der Waals surface area contributed by atoms with Crippen LogP contribution in [0.2, 0.25) is 15.1 Å². The lowest BCUT2D eigenvalue weighted by Gasteiger charge is -2.18. The van der Waals surface area contributed by atoms with E-state index in [0.717, 1.165) is 28.1 Å². The highest BCUT2D eigenvalue weighted by Gasteiger charge is 2.14. The normalized spacial score (nSPS) is 12.4. The summed E-state index contributed by atoms with van der Waals surface area (Å²) in [4.78, 5) is 0. The van der Waals surface area contributed by atoms with Gasteiger partial charge in [-0.15, -0.1) is 0 Å². The third-order valence-corrected chi connectivity index (χ3v) is 4.67. The molecule has 0 fully saturated rings. The Kier molecular flexibility index (Phi) is 5.34.